The molecule has 6 rings (SSSR count). The lowest BCUT2D eigenvalue weighted by molar-refractivity contribution is -0.201. The predicted octanol–water partition coefficient (Wildman–Crippen LogP) is 3.99. The lowest BCUT2D eigenvalue weighted by Crippen LogP contribution is -2.67. The molecule has 0 aromatic heterocycles. The molecule has 2 nitrogen and oxygen atoms in total. The molecule has 0 saturated heterocycles. The fourth-order valence-corrected chi connectivity index (χ4v) is 7.88. The van der Waals surface area contributed by atoms with Gasteiger partial charge >= 0.3 is 0 Å². The smallest absolute Gasteiger partial charge is 0.0809 e. The molecule has 5 aliphatic carbocycles. The molecule has 1 heterocycles. The second-order valence-corrected chi connectivity index (χ2v) is 9.39. The molecule has 1 spiro atoms. The monoisotopic (exact) mass is 299 g/mol. The van der Waals surface area contributed by atoms with Crippen LogP contribution in [0.1, 0.15) is 58.3 Å². The summed E-state index contributed by atoms with van der Waals surface area (Å²) in [5, 5.41) is 11.1. The maximum atomic E-state index is 11.1. The summed E-state index contributed by atoms with van der Waals surface area (Å²) in [6.07, 6.45) is 12.4. The normalized spacial score (nSPS) is 59.1. The second-order valence-electron chi connectivity index (χ2n) is 9.39. The molecule has 5 saturated carbocycles. The zero-order valence-electron chi connectivity index (χ0n) is 13.9. The summed E-state index contributed by atoms with van der Waals surface area (Å²) in [6.45, 7) is 7.77. The maximum Gasteiger partial charge on any atom is 0.0809 e. The van der Waals surface area contributed by atoms with Gasteiger partial charge in [-0.1, -0.05) is 19.9 Å². The Morgan fingerprint density at radius 2 is 1.95 bits per heavy atom. The number of hydrogen-bond acceptors (Lipinski definition) is 2. The van der Waals surface area contributed by atoms with Gasteiger partial charge in [0, 0.05) is 23.6 Å². The van der Waals surface area contributed by atoms with E-state index < -0.39 is 0 Å². The summed E-state index contributed by atoms with van der Waals surface area (Å²) in [5.41, 5.74) is 2.03. The largest absolute Gasteiger partial charge is 0.388 e. The number of aliphatic imine (C=N–C) groups is 1. The van der Waals surface area contributed by atoms with Crippen molar-refractivity contribution in [3.05, 3.63) is 12.2 Å². The Morgan fingerprint density at radius 3 is 2.82 bits per heavy atom. The van der Waals surface area contributed by atoms with Gasteiger partial charge in [0.25, 0.3) is 0 Å². The van der Waals surface area contributed by atoms with Crippen LogP contribution >= 0.6 is 0 Å². The lowest BCUT2D eigenvalue weighted by Gasteiger charge is -2.70. The van der Waals surface area contributed by atoms with E-state index in [1.54, 1.807) is 0 Å². The van der Waals surface area contributed by atoms with Gasteiger partial charge in [-0.15, -0.1) is 0 Å². The average molecular weight is 299 g/mol. The molecule has 1 aliphatic heterocycles. The molecule has 0 amide bonds. The molecule has 4 bridgehead atoms. The van der Waals surface area contributed by atoms with Crippen LogP contribution in [0.3, 0.4) is 0 Å². The van der Waals surface area contributed by atoms with Gasteiger partial charge in [-0.2, -0.15) is 0 Å². The van der Waals surface area contributed by atoms with Crippen LogP contribution in [0.15, 0.2) is 17.1 Å². The van der Waals surface area contributed by atoms with E-state index in [-0.39, 0.29) is 11.5 Å². The van der Waals surface area contributed by atoms with Gasteiger partial charge < -0.3 is 5.11 Å². The van der Waals surface area contributed by atoms with E-state index in [9.17, 15) is 5.11 Å². The van der Waals surface area contributed by atoms with E-state index >= 15 is 0 Å². The van der Waals surface area contributed by atoms with E-state index in [4.69, 9.17) is 4.99 Å². The molecule has 22 heavy (non-hydrogen) atoms. The Balaban J connectivity index is 1.65. The molecule has 3 unspecified atom stereocenters. The Kier molecular flexibility index (Phi) is 2.54. The summed E-state index contributed by atoms with van der Waals surface area (Å²) in [7, 11) is 0. The Labute approximate surface area is 134 Å². The van der Waals surface area contributed by atoms with Crippen LogP contribution in [-0.4, -0.2) is 24.0 Å². The number of aliphatic hydroxyl groups is 1. The molecule has 6 aliphatic rings. The molecule has 5 fully saturated rings. The number of hydrogen-bond donors (Lipinski definition) is 1. The fourth-order valence-electron chi connectivity index (χ4n) is 7.88. The first-order valence-corrected chi connectivity index (χ1v) is 9.40. The number of rotatable bonds is 0. The van der Waals surface area contributed by atoms with E-state index in [1.807, 2.05) is 0 Å². The zero-order valence-corrected chi connectivity index (χ0v) is 13.9. The third kappa shape index (κ3) is 1.36. The van der Waals surface area contributed by atoms with Crippen molar-refractivity contribution in [2.45, 2.75) is 64.4 Å². The Hall–Kier alpha value is -0.630. The van der Waals surface area contributed by atoms with Crippen LogP contribution in [0.5, 0.6) is 0 Å². The van der Waals surface area contributed by atoms with E-state index in [0.717, 1.165) is 18.0 Å². The van der Waals surface area contributed by atoms with Gasteiger partial charge in [0.15, 0.2) is 0 Å². The molecule has 0 aromatic rings. The van der Waals surface area contributed by atoms with Gasteiger partial charge in [0.2, 0.25) is 0 Å². The van der Waals surface area contributed by atoms with Crippen molar-refractivity contribution in [1.29, 1.82) is 0 Å². The molecule has 120 valence electrons. The number of nitrogens with zero attached hydrogens (tertiary/aromatic N) is 1. The predicted molar refractivity (Wildman–Crippen MR) is 88.9 cm³/mol. The molecule has 0 radical (unpaired) electrons. The van der Waals surface area contributed by atoms with Gasteiger partial charge in [-0.25, -0.2) is 0 Å². The minimum absolute atomic E-state index is 0.146. The van der Waals surface area contributed by atoms with Crippen LogP contribution in [0.4, 0.5) is 0 Å². The summed E-state index contributed by atoms with van der Waals surface area (Å²) < 4.78 is 0. The van der Waals surface area contributed by atoms with Gasteiger partial charge in [-0.05, 0) is 73.7 Å². The molecule has 1 N–H and O–H groups in total. The van der Waals surface area contributed by atoms with Crippen LogP contribution in [0.25, 0.3) is 0 Å². The van der Waals surface area contributed by atoms with E-state index in [0.29, 0.717) is 22.7 Å². The molecular formula is C20H29NO. The molecule has 2 heteroatoms. The quantitative estimate of drug-likeness (QED) is 0.674. The van der Waals surface area contributed by atoms with Crippen molar-refractivity contribution >= 4 is 6.21 Å². The highest BCUT2D eigenvalue weighted by Crippen LogP contribution is 2.72. The number of fused-ring (bicyclic) bond motifs is 2. The van der Waals surface area contributed by atoms with Crippen LogP contribution < -0.4 is 0 Å². The van der Waals surface area contributed by atoms with Gasteiger partial charge in [0.05, 0.1) is 6.10 Å². The van der Waals surface area contributed by atoms with Crippen LogP contribution in [0, 0.1) is 34.0 Å². The second kappa shape index (κ2) is 4.06. The van der Waals surface area contributed by atoms with Gasteiger partial charge in [0.1, 0.15) is 0 Å². The highest BCUT2D eigenvalue weighted by Gasteiger charge is 2.68. The highest BCUT2D eigenvalue weighted by atomic mass is 16.3. The lowest BCUT2D eigenvalue weighted by atomic mass is 9.35. The van der Waals surface area contributed by atoms with E-state index in [2.05, 4.69) is 19.7 Å². The summed E-state index contributed by atoms with van der Waals surface area (Å²) in [6, 6.07) is 0. The van der Waals surface area contributed by atoms with Crippen molar-refractivity contribution in [1.82, 2.24) is 0 Å². The Morgan fingerprint density at radius 1 is 1.14 bits per heavy atom. The van der Waals surface area contributed by atoms with Crippen molar-refractivity contribution in [3.63, 3.8) is 0 Å². The standard InChI is InChI=1S/C20H29NO/c1-13-14-4-8-19(17(13)22)9-5-15-18(2)6-3-7-20(15,12-21-11-18)16(19)10-14/h11,14-17,22H,1,3-10,12H2,2H3/t14?,15-,16?,17+,18+,19+,20?/m1/s1. The fraction of sp³-hybridized carbons (Fsp3) is 0.850. The van der Waals surface area contributed by atoms with Crippen molar-refractivity contribution in [2.24, 2.45) is 39.0 Å². The first-order valence-electron chi connectivity index (χ1n) is 9.40. The van der Waals surface area contributed by atoms with Gasteiger partial charge in [-0.3, -0.25) is 4.99 Å². The van der Waals surface area contributed by atoms with Crippen LogP contribution in [-0.2, 0) is 0 Å². The first kappa shape index (κ1) is 13.8. The third-order valence-electron chi connectivity index (χ3n) is 8.80. The first-order chi connectivity index (χ1) is 10.5. The topological polar surface area (TPSA) is 32.6 Å². The van der Waals surface area contributed by atoms with Crippen molar-refractivity contribution < 1.29 is 5.11 Å². The SMILES string of the molecule is C=C1C2CC[C@@]3(CC[C@H]4C5(CCC[C@@]4(C)C=NC5)C3C2)[C@H]1O. The molecule has 7 atom stereocenters. The van der Waals surface area contributed by atoms with Crippen molar-refractivity contribution in [2.75, 3.05) is 6.54 Å². The van der Waals surface area contributed by atoms with Crippen molar-refractivity contribution in [3.8, 4) is 0 Å². The average Bonchev–Trinajstić information content (AvgIpc) is 2.50. The zero-order chi connectivity index (χ0) is 15.2. The Bertz CT molecular complexity index is 568. The summed E-state index contributed by atoms with van der Waals surface area (Å²) in [5.74, 6) is 2.07. The molecule has 0 aromatic carbocycles. The highest BCUT2D eigenvalue weighted by molar-refractivity contribution is 5.68. The molecular weight excluding hydrogens is 270 g/mol. The number of aliphatic hydroxyl groups excluding tert-OH is 1. The minimum Gasteiger partial charge on any atom is -0.388 e. The third-order valence-corrected chi connectivity index (χ3v) is 8.80. The minimum atomic E-state index is -0.237. The summed E-state index contributed by atoms with van der Waals surface area (Å²) in [4.78, 5) is 4.89. The summed E-state index contributed by atoms with van der Waals surface area (Å²) >= 11 is 0. The van der Waals surface area contributed by atoms with Crippen LogP contribution in [0.2, 0.25) is 0 Å². The van der Waals surface area contributed by atoms with E-state index in [1.165, 1.54) is 51.4 Å². The maximum absolute atomic E-state index is 11.1.